The molecule has 0 aromatic heterocycles. The van der Waals surface area contributed by atoms with Gasteiger partial charge in [0.05, 0.1) is 19.7 Å². The smallest absolute Gasteiger partial charge is 0.328 e. The van der Waals surface area contributed by atoms with Crippen LogP contribution in [0.3, 0.4) is 0 Å². The lowest BCUT2D eigenvalue weighted by molar-refractivity contribution is -0.885. The molecule has 2 aromatic rings. The van der Waals surface area contributed by atoms with Crippen molar-refractivity contribution in [3.63, 3.8) is 0 Å². The van der Waals surface area contributed by atoms with E-state index in [1.165, 1.54) is 20.9 Å². The van der Waals surface area contributed by atoms with Crippen LogP contribution >= 0.6 is 23.4 Å². The van der Waals surface area contributed by atoms with E-state index in [1.54, 1.807) is 11.8 Å². The summed E-state index contributed by atoms with van der Waals surface area (Å²) in [5, 5.41) is 38.2. The summed E-state index contributed by atoms with van der Waals surface area (Å²) in [5.41, 5.74) is 2.60. The summed E-state index contributed by atoms with van der Waals surface area (Å²) in [6.07, 6.45) is 2.02. The molecule has 2 aliphatic heterocycles. The quantitative estimate of drug-likeness (QED) is 0.320. The van der Waals surface area contributed by atoms with Crippen molar-refractivity contribution >= 4 is 35.3 Å². The highest BCUT2D eigenvalue weighted by molar-refractivity contribution is 7.99. The molecule has 0 saturated carbocycles. The van der Waals surface area contributed by atoms with Crippen LogP contribution < -0.4 is 0 Å². The first-order valence-corrected chi connectivity index (χ1v) is 12.0. The molecule has 2 heterocycles. The number of hydrogen-bond acceptors (Lipinski definition) is 6. The van der Waals surface area contributed by atoms with Crippen molar-refractivity contribution in [3.05, 3.63) is 76.0 Å². The molecule has 0 bridgehead atoms. The lowest BCUT2D eigenvalue weighted by Gasteiger charge is -2.49. The summed E-state index contributed by atoms with van der Waals surface area (Å²) in [7, 11) is 0. The topological polar surface area (TPSA) is 121 Å². The van der Waals surface area contributed by atoms with Crippen LogP contribution in [0, 0.1) is 5.21 Å². The van der Waals surface area contributed by atoms with Gasteiger partial charge in [0.1, 0.15) is 6.54 Å². The van der Waals surface area contributed by atoms with Gasteiger partial charge in [0, 0.05) is 46.1 Å². The Morgan fingerprint density at radius 2 is 1.74 bits per heavy atom. The average Bonchev–Trinajstić information content (AvgIpc) is 2.95. The zero-order chi connectivity index (χ0) is 24.7. The average molecular weight is 507 g/mol. The van der Waals surface area contributed by atoms with E-state index in [0.29, 0.717) is 31.8 Å². The second-order valence-electron chi connectivity index (χ2n) is 8.11. The molecule has 4 rings (SSSR count). The monoisotopic (exact) mass is 506 g/mol. The number of rotatable bonds is 5. The number of benzene rings is 2. The summed E-state index contributed by atoms with van der Waals surface area (Å²) in [6, 6.07) is 15.0. The van der Waals surface area contributed by atoms with Crippen molar-refractivity contribution in [2.75, 3.05) is 39.3 Å². The maximum absolute atomic E-state index is 12.6. The Balaban J connectivity index is 0.000000350. The zero-order valence-corrected chi connectivity index (χ0v) is 20.0. The van der Waals surface area contributed by atoms with Crippen LogP contribution in [0.2, 0.25) is 5.02 Å². The number of carboxylic acid groups (broad SMARTS) is 2. The Hall–Kier alpha value is -2.40. The lowest BCUT2D eigenvalue weighted by atomic mass is 9.96. The molecule has 0 amide bonds. The Morgan fingerprint density at radius 3 is 2.35 bits per heavy atom. The van der Waals surface area contributed by atoms with Crippen molar-refractivity contribution in [1.82, 2.24) is 4.90 Å². The first-order chi connectivity index (χ1) is 16.2. The Labute approximate surface area is 207 Å². The number of aliphatic carboxylic acids is 2. The minimum atomic E-state index is -1.26. The molecule has 182 valence electrons. The summed E-state index contributed by atoms with van der Waals surface area (Å²) in [4.78, 5) is 24.1. The van der Waals surface area contributed by atoms with Crippen LogP contribution in [-0.2, 0) is 16.0 Å². The first kappa shape index (κ1) is 26.2. The lowest BCUT2D eigenvalue weighted by Crippen LogP contribution is -2.57. The van der Waals surface area contributed by atoms with Gasteiger partial charge in [-0.2, -0.15) is 0 Å². The molecule has 34 heavy (non-hydrogen) atoms. The minimum absolute atomic E-state index is 0.0434. The maximum atomic E-state index is 12.6. The predicted molar refractivity (Wildman–Crippen MR) is 130 cm³/mol. The zero-order valence-electron chi connectivity index (χ0n) is 18.5. The molecule has 10 heteroatoms. The van der Waals surface area contributed by atoms with E-state index >= 15 is 0 Å². The van der Waals surface area contributed by atoms with Crippen molar-refractivity contribution in [2.24, 2.45) is 0 Å². The molecule has 0 radical (unpaired) electrons. The SMILES string of the molecule is O=C(O)/C=C\C(=O)O.[O-][N+]1(CCO)CCN(C2Cc3cc(Cl)ccc3Sc3ccccc32)CC1. The van der Waals surface area contributed by atoms with Crippen LogP contribution in [0.5, 0.6) is 0 Å². The van der Waals surface area contributed by atoms with Gasteiger partial charge in [-0.3, -0.25) is 4.90 Å². The normalized spacial score (nSPS) is 19.3. The number of aliphatic hydroxyl groups excluding tert-OH is 1. The van der Waals surface area contributed by atoms with Gasteiger partial charge in [-0.05, 0) is 41.8 Å². The number of nitrogens with zero attached hydrogens (tertiary/aromatic N) is 2. The fourth-order valence-corrected chi connectivity index (χ4v) is 5.43. The molecular formula is C24H27ClN2O6S. The van der Waals surface area contributed by atoms with Crippen LogP contribution in [0.15, 0.2) is 64.4 Å². The molecule has 1 unspecified atom stereocenters. The number of halogens is 1. The second-order valence-corrected chi connectivity index (χ2v) is 9.63. The number of hydroxylamine groups is 3. The van der Waals surface area contributed by atoms with Gasteiger partial charge in [0.25, 0.3) is 0 Å². The molecule has 3 N–H and O–H groups in total. The van der Waals surface area contributed by atoms with Gasteiger partial charge < -0.3 is 25.2 Å². The summed E-state index contributed by atoms with van der Waals surface area (Å²) in [5.74, 6) is -2.51. The van der Waals surface area contributed by atoms with Crippen LogP contribution in [0.4, 0.5) is 0 Å². The van der Waals surface area contributed by atoms with E-state index in [1.807, 2.05) is 6.07 Å². The highest BCUT2D eigenvalue weighted by Crippen LogP contribution is 2.43. The van der Waals surface area contributed by atoms with Crippen molar-refractivity contribution in [2.45, 2.75) is 22.3 Å². The fraction of sp³-hybridized carbons (Fsp3) is 0.333. The number of carboxylic acids is 2. The number of quaternary nitrogens is 1. The largest absolute Gasteiger partial charge is 0.633 e. The molecule has 1 saturated heterocycles. The molecular weight excluding hydrogens is 480 g/mol. The van der Waals surface area contributed by atoms with Gasteiger partial charge in [0.2, 0.25) is 0 Å². The van der Waals surface area contributed by atoms with E-state index in [-0.39, 0.29) is 17.3 Å². The molecule has 8 nitrogen and oxygen atoms in total. The predicted octanol–water partition coefficient (Wildman–Crippen LogP) is 3.42. The molecule has 0 aliphatic carbocycles. The number of carbonyl (C=O) groups is 2. The Bertz CT molecular complexity index is 1040. The van der Waals surface area contributed by atoms with Crippen molar-refractivity contribution in [1.29, 1.82) is 0 Å². The Kier molecular flexibility index (Phi) is 9.12. The third-order valence-corrected chi connectivity index (χ3v) is 7.28. The molecule has 1 atom stereocenters. The standard InChI is InChI=1S/C20H23ClN2O2S.C4H4O4/c21-16-5-6-19-15(13-16)14-18(17-3-1-2-4-20(17)26-19)22-7-9-23(25,10-8-22)11-12-24;5-3(6)1-2-4(7)8/h1-6,13,18,24H,7-12,14H2;1-2H,(H,5,6)(H,7,8)/b;2-1-. The van der Waals surface area contributed by atoms with Gasteiger partial charge in [-0.15, -0.1) is 0 Å². The molecule has 2 aliphatic rings. The number of fused-ring (bicyclic) bond motifs is 2. The number of piperazine rings is 1. The van der Waals surface area contributed by atoms with Crippen molar-refractivity contribution in [3.8, 4) is 0 Å². The van der Waals surface area contributed by atoms with Crippen molar-refractivity contribution < 1.29 is 29.6 Å². The molecule has 0 spiro atoms. The van der Waals surface area contributed by atoms with E-state index < -0.39 is 11.9 Å². The summed E-state index contributed by atoms with van der Waals surface area (Å²) < 4.78 is -0.279. The maximum Gasteiger partial charge on any atom is 0.328 e. The van der Waals surface area contributed by atoms with E-state index in [4.69, 9.17) is 26.9 Å². The van der Waals surface area contributed by atoms with Gasteiger partial charge in [-0.25, -0.2) is 9.59 Å². The van der Waals surface area contributed by atoms with Crippen LogP contribution in [-0.4, -0.2) is 76.1 Å². The van der Waals surface area contributed by atoms with Gasteiger partial charge in [0.15, 0.2) is 0 Å². The molecule has 2 aromatic carbocycles. The third-order valence-electron chi connectivity index (χ3n) is 5.84. The van der Waals surface area contributed by atoms with E-state index in [9.17, 15) is 14.8 Å². The fourth-order valence-electron chi connectivity index (χ4n) is 4.12. The highest BCUT2D eigenvalue weighted by atomic mass is 35.5. The Morgan fingerprint density at radius 1 is 1.09 bits per heavy atom. The minimum Gasteiger partial charge on any atom is -0.633 e. The molecule has 1 fully saturated rings. The third kappa shape index (κ3) is 7.05. The number of hydrogen-bond donors (Lipinski definition) is 3. The van der Waals surface area contributed by atoms with E-state index in [2.05, 4.69) is 41.3 Å². The summed E-state index contributed by atoms with van der Waals surface area (Å²) >= 11 is 8.06. The van der Waals surface area contributed by atoms with Gasteiger partial charge >= 0.3 is 11.9 Å². The summed E-state index contributed by atoms with van der Waals surface area (Å²) in [6.45, 7) is 2.83. The highest BCUT2D eigenvalue weighted by Gasteiger charge is 2.33. The van der Waals surface area contributed by atoms with Crippen LogP contribution in [0.1, 0.15) is 17.2 Å². The first-order valence-electron chi connectivity index (χ1n) is 10.8. The van der Waals surface area contributed by atoms with E-state index in [0.717, 1.165) is 24.5 Å². The van der Waals surface area contributed by atoms with Gasteiger partial charge in [-0.1, -0.05) is 41.6 Å². The van der Waals surface area contributed by atoms with Crippen LogP contribution in [0.25, 0.3) is 0 Å². The second kappa shape index (κ2) is 11.8. The number of aliphatic hydroxyl groups is 1.